The third-order valence-electron chi connectivity index (χ3n) is 3.35. The first kappa shape index (κ1) is 16.8. The zero-order valence-corrected chi connectivity index (χ0v) is 13.3. The topological polar surface area (TPSA) is 29.1 Å². The van der Waals surface area contributed by atoms with Gasteiger partial charge < -0.3 is 5.32 Å². The van der Waals surface area contributed by atoms with Gasteiger partial charge in [0, 0.05) is 17.2 Å². The van der Waals surface area contributed by atoms with Crippen molar-refractivity contribution in [2.24, 2.45) is 5.41 Å². The van der Waals surface area contributed by atoms with Crippen LogP contribution in [-0.4, -0.2) is 23.0 Å². The van der Waals surface area contributed by atoms with Crippen molar-refractivity contribution in [1.29, 1.82) is 0 Å². The molecule has 1 N–H and O–H groups in total. The molecular formula is C14H29NOS. The van der Waals surface area contributed by atoms with Crippen LogP contribution < -0.4 is 5.32 Å². The molecule has 0 radical (unpaired) electrons. The highest BCUT2D eigenvalue weighted by atomic mass is 32.2. The minimum Gasteiger partial charge on any atom is -0.354 e. The molecule has 0 aliphatic carbocycles. The maximum Gasteiger partial charge on any atom is 0.220 e. The Kier molecular flexibility index (Phi) is 6.60. The molecule has 0 rings (SSSR count). The summed E-state index contributed by atoms with van der Waals surface area (Å²) in [6.07, 6.45) is 4.78. The number of thioether (sulfide) groups is 1. The standard InChI is InChI=1S/C14H29NOS/c1-8-13(3,4)10-12(16)15-11(2)9-14(5,6)17-7/h11H,8-10H2,1-7H3,(H,15,16)/t11-/m1/s1. The molecular weight excluding hydrogens is 230 g/mol. The summed E-state index contributed by atoms with van der Waals surface area (Å²) in [5.74, 6) is 0.182. The summed E-state index contributed by atoms with van der Waals surface area (Å²) in [7, 11) is 0. The molecule has 0 fully saturated rings. The fourth-order valence-electron chi connectivity index (χ4n) is 1.76. The first-order chi connectivity index (χ1) is 7.62. The van der Waals surface area contributed by atoms with E-state index in [1.807, 2.05) is 11.8 Å². The van der Waals surface area contributed by atoms with Gasteiger partial charge in [-0.25, -0.2) is 0 Å². The monoisotopic (exact) mass is 259 g/mol. The van der Waals surface area contributed by atoms with Crippen LogP contribution in [0.1, 0.15) is 60.8 Å². The van der Waals surface area contributed by atoms with Gasteiger partial charge in [0.15, 0.2) is 0 Å². The minimum absolute atomic E-state index is 0.110. The second-order valence-corrected chi connectivity index (χ2v) is 7.84. The molecule has 3 heteroatoms. The predicted octanol–water partition coefficient (Wildman–Crippen LogP) is 3.85. The second-order valence-electron chi connectivity index (χ2n) is 6.33. The highest BCUT2D eigenvalue weighted by Gasteiger charge is 2.23. The average Bonchev–Trinajstić information content (AvgIpc) is 2.15. The zero-order valence-electron chi connectivity index (χ0n) is 12.5. The summed E-state index contributed by atoms with van der Waals surface area (Å²) in [6, 6.07) is 0.248. The number of amides is 1. The van der Waals surface area contributed by atoms with Crippen LogP contribution in [0.3, 0.4) is 0 Å². The Morgan fingerprint density at radius 1 is 1.29 bits per heavy atom. The molecule has 102 valence electrons. The number of carbonyl (C=O) groups excluding carboxylic acids is 1. The number of carbonyl (C=O) groups is 1. The fourth-order valence-corrected chi connectivity index (χ4v) is 2.17. The van der Waals surface area contributed by atoms with E-state index in [9.17, 15) is 4.79 Å². The van der Waals surface area contributed by atoms with Crippen LogP contribution in [0, 0.1) is 5.41 Å². The fraction of sp³-hybridized carbons (Fsp3) is 0.929. The Morgan fingerprint density at radius 3 is 2.24 bits per heavy atom. The highest BCUT2D eigenvalue weighted by molar-refractivity contribution is 7.99. The lowest BCUT2D eigenvalue weighted by Gasteiger charge is -2.28. The van der Waals surface area contributed by atoms with Gasteiger partial charge in [-0.15, -0.1) is 0 Å². The van der Waals surface area contributed by atoms with Crippen LogP contribution in [0.5, 0.6) is 0 Å². The molecule has 0 aliphatic rings. The largest absolute Gasteiger partial charge is 0.354 e. The Hall–Kier alpha value is -0.180. The molecule has 1 atom stereocenters. The maximum absolute atomic E-state index is 11.9. The predicted molar refractivity (Wildman–Crippen MR) is 78.5 cm³/mol. The first-order valence-electron chi connectivity index (χ1n) is 6.46. The Bertz CT molecular complexity index is 249. The molecule has 0 unspecified atom stereocenters. The molecule has 1 amide bonds. The molecule has 0 saturated heterocycles. The van der Waals surface area contributed by atoms with E-state index < -0.39 is 0 Å². The van der Waals surface area contributed by atoms with E-state index in [1.54, 1.807) is 0 Å². The van der Waals surface area contributed by atoms with Crippen molar-refractivity contribution in [3.63, 3.8) is 0 Å². The lowest BCUT2D eigenvalue weighted by atomic mass is 9.86. The van der Waals surface area contributed by atoms with Crippen molar-refractivity contribution in [3.05, 3.63) is 0 Å². The van der Waals surface area contributed by atoms with Crippen LogP contribution >= 0.6 is 11.8 Å². The van der Waals surface area contributed by atoms with Crippen molar-refractivity contribution in [2.75, 3.05) is 6.26 Å². The maximum atomic E-state index is 11.9. The molecule has 0 aliphatic heterocycles. The Balaban J connectivity index is 4.13. The molecule has 0 aromatic rings. The number of hydrogen-bond acceptors (Lipinski definition) is 2. The molecule has 17 heavy (non-hydrogen) atoms. The normalized spacial score (nSPS) is 14.5. The van der Waals surface area contributed by atoms with Gasteiger partial charge in [-0.05, 0) is 25.0 Å². The molecule has 0 spiro atoms. The third kappa shape index (κ3) is 7.69. The van der Waals surface area contributed by atoms with Crippen LogP contribution in [0.25, 0.3) is 0 Å². The van der Waals surface area contributed by atoms with E-state index in [4.69, 9.17) is 0 Å². The van der Waals surface area contributed by atoms with Crippen LogP contribution in [0.4, 0.5) is 0 Å². The van der Waals surface area contributed by atoms with Crippen molar-refractivity contribution in [2.45, 2.75) is 71.6 Å². The van der Waals surface area contributed by atoms with Gasteiger partial charge in [0.2, 0.25) is 5.91 Å². The molecule has 2 nitrogen and oxygen atoms in total. The zero-order chi connectivity index (χ0) is 13.7. The number of nitrogens with one attached hydrogen (secondary N) is 1. The SMILES string of the molecule is CCC(C)(C)CC(=O)N[C@H](C)CC(C)(C)SC. The van der Waals surface area contributed by atoms with Gasteiger partial charge in [0.05, 0.1) is 0 Å². The number of hydrogen-bond donors (Lipinski definition) is 1. The van der Waals surface area contributed by atoms with Crippen molar-refractivity contribution in [1.82, 2.24) is 5.32 Å². The van der Waals surface area contributed by atoms with E-state index in [0.29, 0.717) is 6.42 Å². The van der Waals surface area contributed by atoms with Crippen LogP contribution in [0.2, 0.25) is 0 Å². The van der Waals surface area contributed by atoms with E-state index in [-0.39, 0.29) is 22.1 Å². The Labute approximate surface area is 111 Å². The minimum atomic E-state index is 0.110. The van der Waals surface area contributed by atoms with Gasteiger partial charge >= 0.3 is 0 Å². The highest BCUT2D eigenvalue weighted by Crippen LogP contribution is 2.27. The van der Waals surface area contributed by atoms with Crippen LogP contribution in [-0.2, 0) is 4.79 Å². The van der Waals surface area contributed by atoms with Gasteiger partial charge in [0.25, 0.3) is 0 Å². The van der Waals surface area contributed by atoms with Gasteiger partial charge in [-0.2, -0.15) is 11.8 Å². The van der Waals surface area contributed by atoms with Gasteiger partial charge in [-0.1, -0.05) is 41.0 Å². The summed E-state index contributed by atoms with van der Waals surface area (Å²) in [5, 5.41) is 3.11. The molecule has 0 aromatic heterocycles. The van der Waals surface area contributed by atoms with Crippen molar-refractivity contribution in [3.8, 4) is 0 Å². The first-order valence-corrected chi connectivity index (χ1v) is 7.69. The Morgan fingerprint density at radius 2 is 1.82 bits per heavy atom. The lowest BCUT2D eigenvalue weighted by molar-refractivity contribution is -0.123. The third-order valence-corrected chi connectivity index (χ3v) is 4.63. The second kappa shape index (κ2) is 6.67. The quantitative estimate of drug-likeness (QED) is 0.752. The van der Waals surface area contributed by atoms with E-state index in [0.717, 1.165) is 12.8 Å². The van der Waals surface area contributed by atoms with E-state index in [1.165, 1.54) is 0 Å². The molecule has 0 heterocycles. The van der Waals surface area contributed by atoms with Gasteiger partial charge in [0.1, 0.15) is 0 Å². The van der Waals surface area contributed by atoms with E-state index >= 15 is 0 Å². The molecule has 0 aromatic carbocycles. The summed E-state index contributed by atoms with van der Waals surface area (Å²) in [6.45, 7) is 12.9. The number of rotatable bonds is 7. The average molecular weight is 259 g/mol. The summed E-state index contributed by atoms with van der Waals surface area (Å²) in [4.78, 5) is 11.9. The summed E-state index contributed by atoms with van der Waals surface area (Å²) in [5.41, 5.74) is 0.110. The summed E-state index contributed by atoms with van der Waals surface area (Å²) >= 11 is 1.85. The van der Waals surface area contributed by atoms with Crippen molar-refractivity contribution >= 4 is 17.7 Å². The molecule has 0 saturated carbocycles. The van der Waals surface area contributed by atoms with Gasteiger partial charge in [-0.3, -0.25) is 4.79 Å². The van der Waals surface area contributed by atoms with Crippen molar-refractivity contribution < 1.29 is 4.79 Å². The summed E-state index contributed by atoms with van der Waals surface area (Å²) < 4.78 is 0.229. The van der Waals surface area contributed by atoms with Crippen LogP contribution in [0.15, 0.2) is 0 Å². The lowest BCUT2D eigenvalue weighted by Crippen LogP contribution is -2.38. The molecule has 0 bridgehead atoms. The smallest absolute Gasteiger partial charge is 0.220 e. The van der Waals surface area contributed by atoms with E-state index in [2.05, 4.69) is 53.1 Å².